The maximum absolute atomic E-state index is 12.4. The van der Waals surface area contributed by atoms with Gasteiger partial charge in [-0.05, 0) is 18.2 Å². The highest BCUT2D eigenvalue weighted by molar-refractivity contribution is 7.09. The van der Waals surface area contributed by atoms with Gasteiger partial charge in [-0.3, -0.25) is 14.5 Å². The molecule has 1 saturated heterocycles. The van der Waals surface area contributed by atoms with Crippen molar-refractivity contribution < 1.29 is 14.3 Å². The average molecular weight is 360 g/mol. The van der Waals surface area contributed by atoms with E-state index in [1.807, 2.05) is 0 Å². The predicted octanol–water partition coefficient (Wildman–Crippen LogP) is 2.19. The van der Waals surface area contributed by atoms with Crippen LogP contribution in [0.1, 0.15) is 22.4 Å². The Bertz CT molecular complexity index is 756. The van der Waals surface area contributed by atoms with Crippen LogP contribution in [0.2, 0.25) is 0 Å². The first-order valence-corrected chi connectivity index (χ1v) is 8.91. The maximum atomic E-state index is 12.4. The summed E-state index contributed by atoms with van der Waals surface area (Å²) < 4.78 is 5.33. The van der Waals surface area contributed by atoms with Crippen LogP contribution in [0.5, 0.6) is 0 Å². The number of carbonyl (C=O) groups excluding carboxylic acids is 2. The first-order chi connectivity index (χ1) is 12.1. The van der Waals surface area contributed by atoms with Gasteiger partial charge < -0.3 is 15.4 Å². The molecule has 2 amide bonds. The molecule has 0 aliphatic carbocycles. The maximum Gasteiger partial charge on any atom is 0.275 e. The van der Waals surface area contributed by atoms with Gasteiger partial charge >= 0.3 is 0 Å². The highest BCUT2D eigenvalue weighted by Gasteiger charge is 2.15. The van der Waals surface area contributed by atoms with E-state index >= 15 is 0 Å². The van der Waals surface area contributed by atoms with E-state index in [1.165, 1.54) is 18.3 Å². The summed E-state index contributed by atoms with van der Waals surface area (Å²) in [5.41, 5.74) is 1.65. The number of hydrogen-bond donors (Lipinski definition) is 2. The number of nitrogens with one attached hydrogen (secondary N) is 2. The number of carbonyl (C=O) groups is 2. The van der Waals surface area contributed by atoms with Gasteiger partial charge in [-0.2, -0.15) is 0 Å². The van der Waals surface area contributed by atoms with Gasteiger partial charge in [0.25, 0.3) is 5.91 Å². The number of aromatic nitrogens is 1. The van der Waals surface area contributed by atoms with Crippen LogP contribution in [0.15, 0.2) is 29.6 Å². The monoisotopic (exact) mass is 360 g/mol. The first kappa shape index (κ1) is 17.5. The molecule has 0 radical (unpaired) electrons. The Morgan fingerprint density at radius 1 is 1.24 bits per heavy atom. The molecule has 25 heavy (non-hydrogen) atoms. The number of thiazole rings is 1. The molecule has 2 aromatic rings. The Morgan fingerprint density at radius 3 is 2.68 bits per heavy atom. The minimum atomic E-state index is -0.260. The van der Waals surface area contributed by atoms with Crippen LogP contribution in [0.3, 0.4) is 0 Å². The molecule has 1 fully saturated rings. The number of anilines is 2. The van der Waals surface area contributed by atoms with E-state index in [9.17, 15) is 9.59 Å². The van der Waals surface area contributed by atoms with E-state index < -0.39 is 0 Å². The molecular weight excluding hydrogens is 340 g/mol. The van der Waals surface area contributed by atoms with Crippen molar-refractivity contribution in [1.82, 2.24) is 9.88 Å². The molecule has 0 bridgehead atoms. The van der Waals surface area contributed by atoms with Crippen LogP contribution in [0.4, 0.5) is 11.4 Å². The quantitative estimate of drug-likeness (QED) is 0.854. The Hall–Kier alpha value is -2.29. The molecule has 0 spiro atoms. The van der Waals surface area contributed by atoms with E-state index in [2.05, 4.69) is 20.5 Å². The summed E-state index contributed by atoms with van der Waals surface area (Å²) >= 11 is 1.48. The van der Waals surface area contributed by atoms with E-state index in [1.54, 1.807) is 29.6 Å². The minimum absolute atomic E-state index is 0.157. The minimum Gasteiger partial charge on any atom is -0.379 e. The van der Waals surface area contributed by atoms with Crippen LogP contribution in [-0.4, -0.2) is 48.0 Å². The highest BCUT2D eigenvalue weighted by atomic mass is 32.1. The van der Waals surface area contributed by atoms with E-state index in [4.69, 9.17) is 4.74 Å². The Balaban J connectivity index is 1.60. The fourth-order valence-corrected chi connectivity index (χ4v) is 3.33. The summed E-state index contributed by atoms with van der Waals surface area (Å²) in [6.45, 7) is 5.43. The molecule has 2 N–H and O–H groups in total. The highest BCUT2D eigenvalue weighted by Crippen LogP contribution is 2.18. The Morgan fingerprint density at radius 2 is 1.96 bits per heavy atom. The van der Waals surface area contributed by atoms with E-state index in [0.29, 0.717) is 17.1 Å². The predicted molar refractivity (Wildman–Crippen MR) is 96.9 cm³/mol. The molecule has 2 heterocycles. The third-order valence-electron chi connectivity index (χ3n) is 3.69. The van der Waals surface area contributed by atoms with Crippen molar-refractivity contribution in [1.29, 1.82) is 0 Å². The van der Waals surface area contributed by atoms with Crippen molar-refractivity contribution in [2.75, 3.05) is 36.9 Å². The summed E-state index contributed by atoms with van der Waals surface area (Å²) in [5.74, 6) is -0.416. The van der Waals surface area contributed by atoms with Crippen LogP contribution in [-0.2, 0) is 16.1 Å². The zero-order valence-electron chi connectivity index (χ0n) is 13.9. The van der Waals surface area contributed by atoms with Gasteiger partial charge in [-0.15, -0.1) is 11.3 Å². The summed E-state index contributed by atoms with van der Waals surface area (Å²) in [6.07, 6.45) is 0. The summed E-state index contributed by atoms with van der Waals surface area (Å²) in [4.78, 5) is 30.2. The van der Waals surface area contributed by atoms with Crippen molar-refractivity contribution in [2.24, 2.45) is 0 Å². The molecule has 3 rings (SSSR count). The molecular formula is C17H20N4O3S. The summed E-state index contributed by atoms with van der Waals surface area (Å²) in [5, 5.41) is 8.18. The van der Waals surface area contributed by atoms with Crippen LogP contribution in [0, 0.1) is 0 Å². The number of rotatable bonds is 5. The van der Waals surface area contributed by atoms with Gasteiger partial charge in [0.15, 0.2) is 0 Å². The topological polar surface area (TPSA) is 83.6 Å². The van der Waals surface area contributed by atoms with Crippen LogP contribution in [0.25, 0.3) is 0 Å². The second-order valence-electron chi connectivity index (χ2n) is 5.73. The number of benzene rings is 1. The lowest BCUT2D eigenvalue weighted by atomic mass is 10.2. The molecule has 1 aliphatic rings. The number of ether oxygens (including phenoxy) is 1. The molecule has 1 aliphatic heterocycles. The molecule has 0 atom stereocenters. The fraction of sp³-hybridized carbons (Fsp3) is 0.353. The lowest BCUT2D eigenvalue weighted by Crippen LogP contribution is -2.35. The number of amides is 2. The zero-order valence-corrected chi connectivity index (χ0v) is 14.8. The van der Waals surface area contributed by atoms with Crippen molar-refractivity contribution >= 4 is 34.5 Å². The molecule has 1 aromatic carbocycles. The summed E-state index contributed by atoms with van der Waals surface area (Å²) in [7, 11) is 0. The standard InChI is InChI=1S/C17H20N4O3S/c1-12(22)18-13-3-2-4-14(9-13)19-17(23)15-11-25-16(20-15)10-21-5-7-24-8-6-21/h2-4,9,11H,5-8,10H2,1H3,(H,18,22)(H,19,23). The molecule has 0 saturated carbocycles. The van der Waals surface area contributed by atoms with Gasteiger partial charge in [0.2, 0.25) is 5.91 Å². The van der Waals surface area contributed by atoms with Crippen molar-refractivity contribution in [2.45, 2.75) is 13.5 Å². The van der Waals surface area contributed by atoms with E-state index in [-0.39, 0.29) is 11.8 Å². The van der Waals surface area contributed by atoms with Gasteiger partial charge in [0.05, 0.1) is 19.8 Å². The number of nitrogens with zero attached hydrogens (tertiary/aromatic N) is 2. The number of hydrogen-bond acceptors (Lipinski definition) is 6. The summed E-state index contributed by atoms with van der Waals surface area (Å²) in [6, 6.07) is 7.01. The third kappa shape index (κ3) is 5.09. The van der Waals surface area contributed by atoms with Gasteiger partial charge in [-0.25, -0.2) is 4.98 Å². The van der Waals surface area contributed by atoms with Gasteiger partial charge in [0, 0.05) is 36.8 Å². The average Bonchev–Trinajstić information content (AvgIpc) is 3.04. The van der Waals surface area contributed by atoms with Crippen molar-refractivity contribution in [3.63, 3.8) is 0 Å². The van der Waals surface area contributed by atoms with Crippen molar-refractivity contribution in [3.8, 4) is 0 Å². The smallest absolute Gasteiger partial charge is 0.275 e. The molecule has 1 aromatic heterocycles. The van der Waals surface area contributed by atoms with Crippen molar-refractivity contribution in [3.05, 3.63) is 40.3 Å². The fourth-order valence-electron chi connectivity index (χ4n) is 2.51. The molecule has 0 unspecified atom stereocenters. The Labute approximate surface area is 150 Å². The lowest BCUT2D eigenvalue weighted by Gasteiger charge is -2.25. The third-order valence-corrected chi connectivity index (χ3v) is 4.52. The largest absolute Gasteiger partial charge is 0.379 e. The normalized spacial score (nSPS) is 14.9. The van der Waals surface area contributed by atoms with Crippen LogP contribution >= 0.6 is 11.3 Å². The second kappa shape index (κ2) is 8.19. The first-order valence-electron chi connectivity index (χ1n) is 8.03. The number of morpholine rings is 1. The second-order valence-corrected chi connectivity index (χ2v) is 6.67. The molecule has 132 valence electrons. The Kier molecular flexibility index (Phi) is 5.75. The molecule has 7 nitrogen and oxygen atoms in total. The lowest BCUT2D eigenvalue weighted by molar-refractivity contribution is -0.114. The van der Waals surface area contributed by atoms with E-state index in [0.717, 1.165) is 37.9 Å². The van der Waals surface area contributed by atoms with Gasteiger partial charge in [-0.1, -0.05) is 6.07 Å². The zero-order chi connectivity index (χ0) is 17.6. The SMILES string of the molecule is CC(=O)Nc1cccc(NC(=O)c2csc(CN3CCOCC3)n2)c1. The van der Waals surface area contributed by atoms with Crippen LogP contribution < -0.4 is 10.6 Å². The van der Waals surface area contributed by atoms with Gasteiger partial charge in [0.1, 0.15) is 10.7 Å². The molecule has 8 heteroatoms.